The fraction of sp³-hybridized carbons (Fsp3) is 0.182. The van der Waals surface area contributed by atoms with Crippen LogP contribution < -0.4 is 20.3 Å². The fourth-order valence-electron chi connectivity index (χ4n) is 3.17. The Balaban J connectivity index is 1.56. The van der Waals surface area contributed by atoms with Gasteiger partial charge in [-0.2, -0.15) is 10.2 Å². The number of amides is 1. The van der Waals surface area contributed by atoms with E-state index in [4.69, 9.17) is 9.47 Å². The smallest absolute Gasteiger partial charge is 0.293 e. The van der Waals surface area contributed by atoms with Crippen molar-refractivity contribution in [1.29, 1.82) is 0 Å². The van der Waals surface area contributed by atoms with Gasteiger partial charge in [0.15, 0.2) is 11.5 Å². The zero-order valence-corrected chi connectivity index (χ0v) is 17.3. The summed E-state index contributed by atoms with van der Waals surface area (Å²) in [6, 6.07) is 14.5. The molecule has 158 valence electrons. The van der Waals surface area contributed by atoms with Gasteiger partial charge in [0.05, 0.1) is 19.9 Å². The summed E-state index contributed by atoms with van der Waals surface area (Å²) in [5, 5.41) is 11.2. The highest BCUT2D eigenvalue weighted by atomic mass is 16.5. The zero-order chi connectivity index (χ0) is 22.0. The summed E-state index contributed by atoms with van der Waals surface area (Å²) in [7, 11) is 3.05. The first-order valence-electron chi connectivity index (χ1n) is 9.53. The molecule has 4 rings (SSSR count). The zero-order valence-electron chi connectivity index (χ0n) is 17.3. The van der Waals surface area contributed by atoms with E-state index >= 15 is 0 Å². The molecule has 4 aromatic rings. The van der Waals surface area contributed by atoms with Gasteiger partial charge in [-0.3, -0.25) is 9.59 Å². The largest absolute Gasteiger partial charge is 0.493 e. The van der Waals surface area contributed by atoms with E-state index in [9.17, 15) is 9.59 Å². The molecule has 2 aromatic carbocycles. The molecule has 2 heterocycles. The van der Waals surface area contributed by atoms with Crippen molar-refractivity contribution in [2.24, 2.45) is 0 Å². The number of carbonyl (C=O) groups is 1. The minimum Gasteiger partial charge on any atom is -0.493 e. The number of benzene rings is 2. The Labute approximate surface area is 177 Å². The topological polar surface area (TPSA) is 99.8 Å². The number of carbonyl (C=O) groups excluding carboxylic acids is 1. The highest BCUT2D eigenvalue weighted by molar-refractivity contribution is 5.90. The molecule has 0 aliphatic carbocycles. The molecule has 31 heavy (non-hydrogen) atoms. The molecule has 0 fully saturated rings. The lowest BCUT2D eigenvalue weighted by molar-refractivity contribution is -0.117. The summed E-state index contributed by atoms with van der Waals surface area (Å²) in [5.74, 6) is 0.637. The van der Waals surface area contributed by atoms with Gasteiger partial charge < -0.3 is 14.8 Å². The van der Waals surface area contributed by atoms with Gasteiger partial charge in [0.25, 0.3) is 5.56 Å². The summed E-state index contributed by atoms with van der Waals surface area (Å²) in [5.41, 5.74) is 3.14. The summed E-state index contributed by atoms with van der Waals surface area (Å²) in [6.07, 6.45) is 1.41. The lowest BCUT2D eigenvalue weighted by Gasteiger charge is -2.11. The van der Waals surface area contributed by atoms with Crippen LogP contribution in [0.15, 0.2) is 59.7 Å². The first-order valence-corrected chi connectivity index (χ1v) is 9.53. The molecule has 0 saturated carbocycles. The van der Waals surface area contributed by atoms with Crippen LogP contribution in [0.25, 0.3) is 16.8 Å². The Kier molecular flexibility index (Phi) is 5.40. The molecular weight excluding hydrogens is 398 g/mol. The predicted octanol–water partition coefficient (Wildman–Crippen LogP) is 2.52. The van der Waals surface area contributed by atoms with Crippen molar-refractivity contribution in [3.8, 4) is 22.8 Å². The average Bonchev–Trinajstić information content (AvgIpc) is 3.21. The first kappa shape index (κ1) is 20.1. The summed E-state index contributed by atoms with van der Waals surface area (Å²) < 4.78 is 12.9. The van der Waals surface area contributed by atoms with Gasteiger partial charge in [0.1, 0.15) is 18.4 Å². The van der Waals surface area contributed by atoms with Crippen molar-refractivity contribution < 1.29 is 14.3 Å². The van der Waals surface area contributed by atoms with E-state index < -0.39 is 11.5 Å². The van der Waals surface area contributed by atoms with Gasteiger partial charge in [-0.1, -0.05) is 29.8 Å². The van der Waals surface area contributed by atoms with Crippen LogP contribution in [0, 0.1) is 6.92 Å². The quantitative estimate of drug-likeness (QED) is 0.516. The Hall–Kier alpha value is -4.14. The van der Waals surface area contributed by atoms with Crippen molar-refractivity contribution in [3.63, 3.8) is 0 Å². The van der Waals surface area contributed by atoms with Gasteiger partial charge in [-0.05, 0) is 25.1 Å². The predicted molar refractivity (Wildman–Crippen MR) is 116 cm³/mol. The number of anilines is 1. The van der Waals surface area contributed by atoms with Crippen molar-refractivity contribution >= 4 is 17.1 Å². The van der Waals surface area contributed by atoms with Crippen LogP contribution >= 0.6 is 0 Å². The van der Waals surface area contributed by atoms with Crippen LogP contribution in [0.4, 0.5) is 5.69 Å². The van der Waals surface area contributed by atoms with Crippen molar-refractivity contribution in [3.05, 3.63) is 70.8 Å². The Morgan fingerprint density at radius 3 is 2.48 bits per heavy atom. The second-order valence-corrected chi connectivity index (χ2v) is 6.94. The molecule has 2 aromatic heterocycles. The summed E-state index contributed by atoms with van der Waals surface area (Å²) >= 11 is 0. The molecule has 1 N–H and O–H groups in total. The third-order valence-electron chi connectivity index (χ3n) is 4.80. The summed E-state index contributed by atoms with van der Waals surface area (Å²) in [4.78, 5) is 25.3. The lowest BCUT2D eigenvalue weighted by atomic mass is 10.1. The maximum absolute atomic E-state index is 12.8. The number of fused-ring (bicyclic) bond motifs is 1. The van der Waals surface area contributed by atoms with Crippen LogP contribution in [-0.2, 0) is 11.3 Å². The van der Waals surface area contributed by atoms with E-state index in [1.807, 2.05) is 31.2 Å². The molecule has 0 saturated heterocycles. The molecule has 9 heteroatoms. The van der Waals surface area contributed by atoms with E-state index in [0.717, 1.165) is 15.8 Å². The van der Waals surface area contributed by atoms with Gasteiger partial charge in [0, 0.05) is 17.3 Å². The van der Waals surface area contributed by atoms with Crippen LogP contribution in [0.5, 0.6) is 11.5 Å². The number of aryl methyl sites for hydroxylation is 1. The molecule has 0 bridgehead atoms. The Morgan fingerprint density at radius 2 is 1.77 bits per heavy atom. The molecule has 0 aliphatic rings. The minimum atomic E-state index is -0.407. The van der Waals surface area contributed by atoms with E-state index in [-0.39, 0.29) is 6.54 Å². The third kappa shape index (κ3) is 4.11. The second kappa shape index (κ2) is 8.31. The fourth-order valence-corrected chi connectivity index (χ4v) is 3.17. The van der Waals surface area contributed by atoms with Crippen molar-refractivity contribution in [2.75, 3.05) is 19.5 Å². The van der Waals surface area contributed by atoms with Crippen molar-refractivity contribution in [2.45, 2.75) is 13.5 Å². The van der Waals surface area contributed by atoms with Gasteiger partial charge >= 0.3 is 0 Å². The van der Waals surface area contributed by atoms with E-state index in [1.54, 1.807) is 24.3 Å². The van der Waals surface area contributed by atoms with E-state index in [1.165, 1.54) is 25.1 Å². The Bertz CT molecular complexity index is 1310. The molecule has 0 spiro atoms. The lowest BCUT2D eigenvalue weighted by Crippen LogP contribution is -2.30. The number of methoxy groups -OCH3 is 2. The average molecular weight is 419 g/mol. The molecule has 1 amide bonds. The molecule has 0 unspecified atom stereocenters. The van der Waals surface area contributed by atoms with Crippen LogP contribution in [-0.4, -0.2) is 39.5 Å². The monoisotopic (exact) mass is 419 g/mol. The number of nitrogens with zero attached hydrogens (tertiary/aromatic N) is 4. The number of hydrogen-bond acceptors (Lipinski definition) is 6. The molecule has 0 aliphatic heterocycles. The maximum atomic E-state index is 12.8. The summed E-state index contributed by atoms with van der Waals surface area (Å²) in [6.45, 7) is 1.76. The number of aromatic nitrogens is 4. The highest BCUT2D eigenvalue weighted by Crippen LogP contribution is 2.29. The third-order valence-corrected chi connectivity index (χ3v) is 4.80. The number of nitrogens with one attached hydrogen (secondary N) is 1. The molecule has 9 nitrogen and oxygen atoms in total. The van der Waals surface area contributed by atoms with Crippen LogP contribution in [0.3, 0.4) is 0 Å². The van der Waals surface area contributed by atoms with Crippen LogP contribution in [0.1, 0.15) is 5.56 Å². The van der Waals surface area contributed by atoms with Gasteiger partial charge in [-0.15, -0.1) is 0 Å². The minimum absolute atomic E-state index is 0.241. The SMILES string of the molecule is COc1ccc(NC(=O)Cn2ncn3nc(-c4ccc(C)cc4)cc3c2=O)cc1OC. The number of ether oxygens (including phenoxy) is 2. The maximum Gasteiger partial charge on any atom is 0.293 e. The van der Waals surface area contributed by atoms with E-state index in [0.29, 0.717) is 28.4 Å². The second-order valence-electron chi connectivity index (χ2n) is 6.94. The van der Waals surface area contributed by atoms with E-state index in [2.05, 4.69) is 15.5 Å². The number of hydrogen-bond donors (Lipinski definition) is 1. The van der Waals surface area contributed by atoms with Crippen molar-refractivity contribution in [1.82, 2.24) is 19.4 Å². The van der Waals surface area contributed by atoms with Gasteiger partial charge in [0.2, 0.25) is 5.91 Å². The highest BCUT2D eigenvalue weighted by Gasteiger charge is 2.13. The molecule has 0 radical (unpaired) electrons. The number of rotatable bonds is 6. The molecular formula is C22H21N5O4. The standard InChI is InChI=1S/C22H21N5O4/c1-14-4-6-15(7-5-14)17-11-18-22(29)26(23-13-27(18)25-17)12-21(28)24-16-8-9-19(30-2)20(10-16)31-3/h4-11,13H,12H2,1-3H3,(H,24,28). The first-order chi connectivity index (χ1) is 15.0. The van der Waals surface area contributed by atoms with Crippen LogP contribution in [0.2, 0.25) is 0 Å². The molecule has 0 atom stereocenters. The van der Waals surface area contributed by atoms with Gasteiger partial charge in [-0.25, -0.2) is 9.20 Å². The normalized spacial score (nSPS) is 10.8. The Morgan fingerprint density at radius 1 is 1.03 bits per heavy atom.